The Morgan fingerprint density at radius 2 is 1.90 bits per heavy atom. The quantitative estimate of drug-likeness (QED) is 0.574. The number of carboxylic acids is 1. The SMILES string of the molecule is C[N+](C)(C)C[C@@H](CC(=O)[O-])OC(=O)c1ccccc1O. The minimum atomic E-state index is -1.28. The van der Waals surface area contributed by atoms with Gasteiger partial charge in [0.15, 0.2) is 6.10 Å². The molecule has 0 aromatic heterocycles. The van der Waals surface area contributed by atoms with Crippen molar-refractivity contribution in [3.8, 4) is 5.75 Å². The van der Waals surface area contributed by atoms with Crippen LogP contribution in [0.25, 0.3) is 0 Å². The number of rotatable bonds is 6. The van der Waals surface area contributed by atoms with Gasteiger partial charge in [-0.2, -0.15) is 0 Å². The number of carbonyl (C=O) groups is 2. The number of quaternary nitrogens is 1. The molecule has 110 valence electrons. The number of para-hydroxylation sites is 1. The fourth-order valence-corrected chi connectivity index (χ4v) is 1.80. The standard InChI is InChI=1S/C14H19NO5/c1-15(2,3)9-10(8-13(17)18)20-14(19)11-6-4-5-7-12(11)16/h4-7,10H,8-9H2,1-3H3,(H-,16,17,18,19)/t10-/m1/s1. The second kappa shape index (κ2) is 6.38. The zero-order valence-corrected chi connectivity index (χ0v) is 11.8. The minimum Gasteiger partial charge on any atom is -0.550 e. The smallest absolute Gasteiger partial charge is 0.342 e. The molecule has 20 heavy (non-hydrogen) atoms. The van der Waals surface area contributed by atoms with Gasteiger partial charge in [-0.1, -0.05) is 12.1 Å². The van der Waals surface area contributed by atoms with Crippen molar-refractivity contribution in [1.82, 2.24) is 0 Å². The lowest BCUT2D eigenvalue weighted by Gasteiger charge is -2.29. The first-order valence-corrected chi connectivity index (χ1v) is 6.18. The van der Waals surface area contributed by atoms with Gasteiger partial charge in [0.2, 0.25) is 0 Å². The number of hydrogen-bond donors (Lipinski definition) is 1. The van der Waals surface area contributed by atoms with Crippen molar-refractivity contribution >= 4 is 11.9 Å². The van der Waals surface area contributed by atoms with Crippen LogP contribution in [-0.4, -0.2) is 55.3 Å². The Kier molecular flexibility index (Phi) is 5.10. The summed E-state index contributed by atoms with van der Waals surface area (Å²) in [6.07, 6.45) is -1.19. The van der Waals surface area contributed by atoms with E-state index < -0.39 is 18.0 Å². The van der Waals surface area contributed by atoms with Crippen LogP contribution in [0, 0.1) is 0 Å². The molecule has 1 atom stereocenters. The van der Waals surface area contributed by atoms with Crippen molar-refractivity contribution in [3.63, 3.8) is 0 Å². The first-order valence-electron chi connectivity index (χ1n) is 6.18. The first-order chi connectivity index (χ1) is 9.19. The predicted molar refractivity (Wildman–Crippen MR) is 69.8 cm³/mol. The highest BCUT2D eigenvalue weighted by molar-refractivity contribution is 5.92. The molecule has 0 aliphatic rings. The molecule has 0 unspecified atom stereocenters. The number of phenols is 1. The van der Waals surface area contributed by atoms with Gasteiger partial charge in [-0.25, -0.2) is 4.79 Å². The summed E-state index contributed by atoms with van der Waals surface area (Å²) in [7, 11) is 5.57. The number of aliphatic carboxylic acids is 1. The summed E-state index contributed by atoms with van der Waals surface area (Å²) < 4.78 is 5.61. The van der Waals surface area contributed by atoms with Crippen LogP contribution in [0.15, 0.2) is 24.3 Å². The molecule has 1 aromatic carbocycles. The van der Waals surface area contributed by atoms with Crippen LogP contribution in [0.1, 0.15) is 16.8 Å². The molecule has 0 bridgehead atoms. The van der Waals surface area contributed by atoms with Crippen LogP contribution in [0.2, 0.25) is 0 Å². The van der Waals surface area contributed by atoms with Crippen molar-refractivity contribution in [2.75, 3.05) is 27.7 Å². The van der Waals surface area contributed by atoms with Crippen molar-refractivity contribution < 1.29 is 29.0 Å². The lowest BCUT2D eigenvalue weighted by molar-refractivity contribution is -0.873. The van der Waals surface area contributed by atoms with E-state index in [0.717, 1.165) is 0 Å². The highest BCUT2D eigenvalue weighted by Gasteiger charge is 2.24. The third-order valence-corrected chi connectivity index (χ3v) is 2.54. The molecule has 1 aromatic rings. The molecule has 0 spiro atoms. The van der Waals surface area contributed by atoms with Gasteiger partial charge in [0.25, 0.3) is 0 Å². The number of ether oxygens (including phenoxy) is 1. The van der Waals surface area contributed by atoms with Crippen LogP contribution in [-0.2, 0) is 9.53 Å². The molecule has 1 N–H and O–H groups in total. The van der Waals surface area contributed by atoms with E-state index in [1.165, 1.54) is 12.1 Å². The van der Waals surface area contributed by atoms with Crippen molar-refractivity contribution in [2.24, 2.45) is 0 Å². The monoisotopic (exact) mass is 281 g/mol. The minimum absolute atomic E-state index is 0.0113. The average Bonchev–Trinajstić information content (AvgIpc) is 2.25. The Morgan fingerprint density at radius 3 is 2.40 bits per heavy atom. The van der Waals surface area contributed by atoms with E-state index in [-0.39, 0.29) is 17.7 Å². The Balaban J connectivity index is 2.81. The Labute approximate surface area is 117 Å². The number of hydrogen-bond acceptors (Lipinski definition) is 5. The molecule has 6 heteroatoms. The summed E-state index contributed by atoms with van der Waals surface area (Å²) >= 11 is 0. The second-order valence-electron chi connectivity index (χ2n) is 5.59. The molecule has 0 saturated heterocycles. The average molecular weight is 281 g/mol. The Morgan fingerprint density at radius 1 is 1.30 bits per heavy atom. The topological polar surface area (TPSA) is 86.7 Å². The van der Waals surface area contributed by atoms with Gasteiger partial charge < -0.3 is 24.2 Å². The Bertz CT molecular complexity index is 493. The molecule has 0 aliphatic carbocycles. The third kappa shape index (κ3) is 5.27. The number of carboxylic acid groups (broad SMARTS) is 1. The number of nitrogens with zero attached hydrogens (tertiary/aromatic N) is 1. The molecule has 6 nitrogen and oxygen atoms in total. The van der Waals surface area contributed by atoms with Gasteiger partial charge in [0, 0.05) is 12.4 Å². The molecule has 0 heterocycles. The molecule has 0 fully saturated rings. The molecular formula is C14H19NO5. The van der Waals surface area contributed by atoms with Gasteiger partial charge in [-0.15, -0.1) is 0 Å². The zero-order valence-electron chi connectivity index (χ0n) is 11.8. The molecule has 0 amide bonds. The van der Waals surface area contributed by atoms with Crippen molar-refractivity contribution in [2.45, 2.75) is 12.5 Å². The molecule has 0 aliphatic heterocycles. The Hall–Kier alpha value is -2.08. The fourth-order valence-electron chi connectivity index (χ4n) is 1.80. The summed E-state index contributed by atoms with van der Waals surface area (Å²) in [4.78, 5) is 22.7. The maximum atomic E-state index is 11.9. The highest BCUT2D eigenvalue weighted by atomic mass is 16.5. The number of benzene rings is 1. The van der Waals surface area contributed by atoms with Gasteiger partial charge in [0.1, 0.15) is 17.9 Å². The largest absolute Gasteiger partial charge is 0.550 e. The van der Waals surface area contributed by atoms with E-state index in [1.54, 1.807) is 12.1 Å². The number of esters is 1. The van der Waals surface area contributed by atoms with E-state index >= 15 is 0 Å². The van der Waals surface area contributed by atoms with Gasteiger partial charge in [0.05, 0.1) is 21.1 Å². The fraction of sp³-hybridized carbons (Fsp3) is 0.429. The second-order valence-corrected chi connectivity index (χ2v) is 5.59. The van der Waals surface area contributed by atoms with Crippen LogP contribution in [0.3, 0.4) is 0 Å². The summed E-state index contributed by atoms with van der Waals surface area (Å²) in [5.74, 6) is -2.23. The first kappa shape index (κ1) is 16.0. The van der Waals surface area contributed by atoms with Gasteiger partial charge in [-0.05, 0) is 12.1 Å². The van der Waals surface area contributed by atoms with Gasteiger partial charge in [-0.3, -0.25) is 0 Å². The van der Waals surface area contributed by atoms with E-state index in [2.05, 4.69) is 0 Å². The summed E-state index contributed by atoms with van der Waals surface area (Å²) in [5, 5.41) is 20.3. The maximum Gasteiger partial charge on any atom is 0.342 e. The highest BCUT2D eigenvalue weighted by Crippen LogP contribution is 2.18. The summed E-state index contributed by atoms with van der Waals surface area (Å²) in [5.41, 5.74) is 0.0113. The van der Waals surface area contributed by atoms with Crippen molar-refractivity contribution in [1.29, 1.82) is 0 Å². The van der Waals surface area contributed by atoms with E-state index in [1.807, 2.05) is 21.1 Å². The van der Waals surface area contributed by atoms with E-state index in [4.69, 9.17) is 4.74 Å². The number of aromatic hydroxyl groups is 1. The summed E-state index contributed by atoms with van der Waals surface area (Å²) in [6, 6.07) is 5.95. The van der Waals surface area contributed by atoms with E-state index in [9.17, 15) is 19.8 Å². The molecular weight excluding hydrogens is 262 g/mol. The predicted octanol–water partition coefficient (Wildman–Crippen LogP) is -0.236. The molecule has 0 radical (unpaired) electrons. The summed E-state index contributed by atoms with van der Waals surface area (Å²) in [6.45, 7) is 0.327. The maximum absolute atomic E-state index is 11.9. The molecule has 0 saturated carbocycles. The van der Waals surface area contributed by atoms with Crippen LogP contribution >= 0.6 is 0 Å². The zero-order chi connectivity index (χ0) is 15.3. The number of likely N-dealkylation sites (N-methyl/N-ethyl adjacent to an activating group) is 1. The normalized spacial score (nSPS) is 12.8. The van der Waals surface area contributed by atoms with Crippen LogP contribution < -0.4 is 5.11 Å². The van der Waals surface area contributed by atoms with Crippen molar-refractivity contribution in [3.05, 3.63) is 29.8 Å². The van der Waals surface area contributed by atoms with Crippen LogP contribution in [0.4, 0.5) is 0 Å². The van der Waals surface area contributed by atoms with Gasteiger partial charge >= 0.3 is 5.97 Å². The van der Waals surface area contributed by atoms with Crippen LogP contribution in [0.5, 0.6) is 5.75 Å². The lowest BCUT2D eigenvalue weighted by atomic mass is 10.2. The third-order valence-electron chi connectivity index (χ3n) is 2.54. The number of phenolic OH excluding ortho intramolecular Hbond substituents is 1. The number of carbonyl (C=O) groups excluding carboxylic acids is 2. The lowest BCUT2D eigenvalue weighted by Crippen LogP contribution is -2.45. The molecule has 1 rings (SSSR count). The van der Waals surface area contributed by atoms with E-state index in [0.29, 0.717) is 11.0 Å².